The van der Waals surface area contributed by atoms with Gasteiger partial charge in [-0.05, 0) is 23.8 Å². The van der Waals surface area contributed by atoms with Crippen molar-refractivity contribution in [1.82, 2.24) is 4.90 Å². The molecule has 2 unspecified atom stereocenters. The van der Waals surface area contributed by atoms with Crippen LogP contribution in [-0.4, -0.2) is 35.0 Å². The van der Waals surface area contributed by atoms with E-state index in [-0.39, 0.29) is 23.7 Å². The van der Waals surface area contributed by atoms with Gasteiger partial charge in [-0.2, -0.15) is 13.2 Å². The molecule has 27 heavy (non-hydrogen) atoms. The van der Waals surface area contributed by atoms with Gasteiger partial charge >= 0.3 is 12.1 Å². The van der Waals surface area contributed by atoms with Crippen LogP contribution in [0.5, 0.6) is 0 Å². The lowest BCUT2D eigenvalue weighted by Crippen LogP contribution is -2.30. The quantitative estimate of drug-likeness (QED) is 0.840. The van der Waals surface area contributed by atoms with Crippen LogP contribution in [0.2, 0.25) is 5.02 Å². The number of hydrogen-bond acceptors (Lipinski definition) is 2. The van der Waals surface area contributed by atoms with Crippen molar-refractivity contribution in [2.75, 3.05) is 13.1 Å². The fraction of sp³-hybridized carbons (Fsp3) is 0.263. The van der Waals surface area contributed by atoms with E-state index in [0.717, 1.165) is 23.8 Å². The first kappa shape index (κ1) is 19.2. The molecule has 0 aliphatic carbocycles. The number of carboxylic acids is 1. The topological polar surface area (TPSA) is 57.6 Å². The molecule has 8 heteroatoms. The molecular formula is C19H15ClF3NO3. The number of carbonyl (C=O) groups excluding carboxylic acids is 1. The summed E-state index contributed by atoms with van der Waals surface area (Å²) in [7, 11) is 0. The first-order valence-electron chi connectivity index (χ1n) is 8.11. The Balaban J connectivity index is 1.90. The number of carboxylic acid groups (broad SMARTS) is 1. The predicted octanol–water partition coefficient (Wildman–Crippen LogP) is 4.30. The maximum atomic E-state index is 13.0. The zero-order chi connectivity index (χ0) is 19.8. The molecule has 1 heterocycles. The normalized spacial score (nSPS) is 19.9. The summed E-state index contributed by atoms with van der Waals surface area (Å²) < 4.78 is 38.9. The number of hydrogen-bond donors (Lipinski definition) is 1. The Morgan fingerprint density at radius 2 is 1.74 bits per heavy atom. The molecule has 2 aromatic rings. The third kappa shape index (κ3) is 4.08. The molecule has 3 rings (SSSR count). The molecule has 4 nitrogen and oxygen atoms in total. The van der Waals surface area contributed by atoms with Crippen molar-refractivity contribution in [3.8, 4) is 0 Å². The predicted molar refractivity (Wildman–Crippen MR) is 92.7 cm³/mol. The third-order valence-corrected chi connectivity index (χ3v) is 4.84. The summed E-state index contributed by atoms with van der Waals surface area (Å²) >= 11 is 5.75. The van der Waals surface area contributed by atoms with E-state index in [9.17, 15) is 27.9 Å². The third-order valence-electron chi connectivity index (χ3n) is 4.62. The van der Waals surface area contributed by atoms with E-state index in [2.05, 4.69) is 0 Å². The summed E-state index contributed by atoms with van der Waals surface area (Å²) in [6, 6.07) is 11.5. The maximum absolute atomic E-state index is 13.0. The summed E-state index contributed by atoms with van der Waals surface area (Å²) in [5.41, 5.74) is -0.470. The first-order valence-corrected chi connectivity index (χ1v) is 8.49. The minimum Gasteiger partial charge on any atom is -0.481 e. The molecule has 0 radical (unpaired) electrons. The average molecular weight is 398 g/mol. The van der Waals surface area contributed by atoms with Gasteiger partial charge in [0.1, 0.15) is 0 Å². The lowest BCUT2D eigenvalue weighted by molar-refractivity contribution is -0.141. The summed E-state index contributed by atoms with van der Waals surface area (Å²) in [5, 5.41) is 9.30. The Morgan fingerprint density at radius 1 is 1.07 bits per heavy atom. The molecule has 1 aliphatic rings. The number of halogens is 4. The van der Waals surface area contributed by atoms with Crippen molar-refractivity contribution in [3.63, 3.8) is 0 Å². The van der Waals surface area contributed by atoms with Gasteiger partial charge in [0.05, 0.1) is 11.5 Å². The van der Waals surface area contributed by atoms with Crippen LogP contribution in [0.3, 0.4) is 0 Å². The second kappa shape index (κ2) is 7.23. The monoisotopic (exact) mass is 397 g/mol. The first-order chi connectivity index (χ1) is 12.7. The fourth-order valence-electron chi connectivity index (χ4n) is 3.32. The molecule has 2 atom stereocenters. The van der Waals surface area contributed by atoms with Gasteiger partial charge in [-0.1, -0.05) is 41.9 Å². The van der Waals surface area contributed by atoms with E-state index in [0.29, 0.717) is 0 Å². The van der Waals surface area contributed by atoms with Crippen molar-refractivity contribution in [3.05, 3.63) is 70.2 Å². The second-order valence-corrected chi connectivity index (χ2v) is 6.83. The molecule has 1 saturated heterocycles. The minimum atomic E-state index is -4.64. The number of aliphatic carboxylic acids is 1. The van der Waals surface area contributed by atoms with Crippen LogP contribution >= 0.6 is 11.6 Å². The van der Waals surface area contributed by atoms with Crippen molar-refractivity contribution < 1.29 is 27.9 Å². The largest absolute Gasteiger partial charge is 0.481 e. The Labute approximate surface area is 158 Å². The second-order valence-electron chi connectivity index (χ2n) is 6.40. The molecule has 1 amide bonds. The van der Waals surface area contributed by atoms with E-state index >= 15 is 0 Å². The molecule has 0 bridgehead atoms. The Morgan fingerprint density at radius 3 is 2.33 bits per heavy atom. The molecule has 2 aromatic carbocycles. The average Bonchev–Trinajstić information content (AvgIpc) is 3.06. The maximum Gasteiger partial charge on any atom is 0.416 e. The molecule has 0 spiro atoms. The van der Waals surface area contributed by atoms with Gasteiger partial charge < -0.3 is 10.0 Å². The van der Waals surface area contributed by atoms with E-state index < -0.39 is 35.5 Å². The van der Waals surface area contributed by atoms with Crippen molar-refractivity contribution in [2.45, 2.75) is 12.1 Å². The van der Waals surface area contributed by atoms with Gasteiger partial charge in [0.15, 0.2) is 0 Å². The standard InChI is InChI=1S/C19H15ClF3NO3/c20-14-7-12(6-13(8-14)19(21,22)23)17(25)24-9-15(16(10-24)18(26)27)11-4-2-1-3-5-11/h1-8,15-16H,9-10H2,(H,26,27). The SMILES string of the molecule is O=C(O)C1CN(C(=O)c2cc(Cl)cc(C(F)(F)F)c2)CC1c1ccccc1. The Hall–Kier alpha value is -2.54. The van der Waals surface area contributed by atoms with Crippen LogP contribution in [0.4, 0.5) is 13.2 Å². The highest BCUT2D eigenvalue weighted by atomic mass is 35.5. The van der Waals surface area contributed by atoms with E-state index in [4.69, 9.17) is 11.6 Å². The van der Waals surface area contributed by atoms with Gasteiger partial charge in [0.25, 0.3) is 5.91 Å². The molecule has 0 saturated carbocycles. The number of carbonyl (C=O) groups is 2. The molecule has 1 N–H and O–H groups in total. The Bertz CT molecular complexity index is 870. The lowest BCUT2D eigenvalue weighted by Gasteiger charge is -2.18. The number of likely N-dealkylation sites (tertiary alicyclic amines) is 1. The molecule has 142 valence electrons. The summed E-state index contributed by atoms with van der Waals surface area (Å²) in [5.74, 6) is -3.00. The van der Waals surface area contributed by atoms with E-state index in [1.807, 2.05) is 0 Å². The minimum absolute atomic E-state index is 0.0818. The highest BCUT2D eigenvalue weighted by Gasteiger charge is 2.41. The summed E-state index contributed by atoms with van der Waals surface area (Å²) in [4.78, 5) is 25.6. The van der Waals surface area contributed by atoms with Crippen LogP contribution in [0.1, 0.15) is 27.4 Å². The molecule has 1 fully saturated rings. The van der Waals surface area contributed by atoms with Crippen LogP contribution in [0.25, 0.3) is 0 Å². The van der Waals surface area contributed by atoms with Gasteiger partial charge in [0.2, 0.25) is 0 Å². The van der Waals surface area contributed by atoms with E-state index in [1.54, 1.807) is 30.3 Å². The highest BCUT2D eigenvalue weighted by Crippen LogP contribution is 2.35. The number of rotatable bonds is 3. The van der Waals surface area contributed by atoms with Crippen LogP contribution in [0, 0.1) is 5.92 Å². The van der Waals surface area contributed by atoms with Crippen molar-refractivity contribution >= 4 is 23.5 Å². The molecule has 0 aromatic heterocycles. The number of benzene rings is 2. The van der Waals surface area contributed by atoms with Gasteiger partial charge in [-0.25, -0.2) is 0 Å². The van der Waals surface area contributed by atoms with Gasteiger partial charge in [-0.15, -0.1) is 0 Å². The van der Waals surface area contributed by atoms with Gasteiger partial charge in [0, 0.05) is 29.6 Å². The summed E-state index contributed by atoms with van der Waals surface area (Å²) in [6.45, 7) is 0.0231. The van der Waals surface area contributed by atoms with E-state index in [1.165, 1.54) is 4.90 Å². The zero-order valence-electron chi connectivity index (χ0n) is 13.9. The van der Waals surface area contributed by atoms with Gasteiger partial charge in [-0.3, -0.25) is 9.59 Å². The van der Waals surface area contributed by atoms with Crippen molar-refractivity contribution in [2.24, 2.45) is 5.92 Å². The Kier molecular flexibility index (Phi) is 5.15. The van der Waals surface area contributed by atoms with Crippen LogP contribution < -0.4 is 0 Å². The highest BCUT2D eigenvalue weighted by molar-refractivity contribution is 6.31. The molecular weight excluding hydrogens is 383 g/mol. The lowest BCUT2D eigenvalue weighted by atomic mass is 9.89. The summed E-state index contributed by atoms with van der Waals surface area (Å²) in [6.07, 6.45) is -4.64. The zero-order valence-corrected chi connectivity index (χ0v) is 14.7. The smallest absolute Gasteiger partial charge is 0.416 e. The fourth-order valence-corrected chi connectivity index (χ4v) is 3.55. The van der Waals surface area contributed by atoms with Crippen LogP contribution in [-0.2, 0) is 11.0 Å². The van der Waals surface area contributed by atoms with Crippen LogP contribution in [0.15, 0.2) is 48.5 Å². The number of alkyl halides is 3. The number of amides is 1. The number of nitrogens with zero attached hydrogens (tertiary/aromatic N) is 1. The molecule has 1 aliphatic heterocycles. The van der Waals surface area contributed by atoms with Crippen molar-refractivity contribution in [1.29, 1.82) is 0 Å².